The van der Waals surface area contributed by atoms with E-state index in [0.717, 1.165) is 13.0 Å². The van der Waals surface area contributed by atoms with Crippen LogP contribution in [0, 0.1) is 0 Å². The molecule has 0 aromatic carbocycles. The lowest BCUT2D eigenvalue weighted by molar-refractivity contribution is 0.380. The molecule has 50 valence electrons. The van der Waals surface area contributed by atoms with Crippen molar-refractivity contribution in [1.29, 1.82) is 0 Å². The molecule has 2 heteroatoms. The Bertz CT molecular complexity index is 147. The third-order valence-electron chi connectivity index (χ3n) is 1.46. The van der Waals surface area contributed by atoms with Crippen LogP contribution in [0.15, 0.2) is 16.8 Å². The van der Waals surface area contributed by atoms with Gasteiger partial charge in [0.1, 0.15) is 0 Å². The molecule has 1 aliphatic heterocycles. The van der Waals surface area contributed by atoms with Gasteiger partial charge in [-0.05, 0) is 18.1 Å². The molecule has 0 bridgehead atoms. The maximum absolute atomic E-state index is 4.06. The van der Waals surface area contributed by atoms with Crippen LogP contribution in [0.4, 0.5) is 0 Å². The Morgan fingerprint density at radius 1 is 1.78 bits per heavy atom. The first kappa shape index (κ1) is 6.33. The van der Waals surface area contributed by atoms with Crippen LogP contribution in [0.3, 0.4) is 0 Å². The van der Waals surface area contributed by atoms with Crippen molar-refractivity contribution in [2.45, 2.75) is 13.3 Å². The van der Waals surface area contributed by atoms with Crippen LogP contribution in [0.2, 0.25) is 0 Å². The van der Waals surface area contributed by atoms with Crippen LogP contribution in [0.25, 0.3) is 0 Å². The van der Waals surface area contributed by atoms with Crippen LogP contribution in [0.1, 0.15) is 13.3 Å². The van der Waals surface area contributed by atoms with E-state index in [0.29, 0.717) is 0 Å². The zero-order chi connectivity index (χ0) is 6.69. The van der Waals surface area contributed by atoms with Crippen LogP contribution in [-0.4, -0.2) is 24.8 Å². The van der Waals surface area contributed by atoms with Crippen molar-refractivity contribution < 1.29 is 0 Å². The highest BCUT2D eigenvalue weighted by molar-refractivity contribution is 5.72. The van der Waals surface area contributed by atoms with E-state index in [1.165, 1.54) is 5.57 Å². The van der Waals surface area contributed by atoms with Crippen molar-refractivity contribution in [3.05, 3.63) is 11.6 Å². The normalized spacial score (nSPS) is 18.0. The summed E-state index contributed by atoms with van der Waals surface area (Å²) in [6.45, 7) is 3.16. The van der Waals surface area contributed by atoms with Gasteiger partial charge in [0.2, 0.25) is 0 Å². The van der Waals surface area contributed by atoms with Crippen LogP contribution >= 0.6 is 0 Å². The van der Waals surface area contributed by atoms with E-state index in [2.05, 4.69) is 18.1 Å². The fourth-order valence-corrected chi connectivity index (χ4v) is 0.870. The lowest BCUT2D eigenvalue weighted by atomic mass is 10.2. The Kier molecular flexibility index (Phi) is 1.88. The largest absolute Gasteiger partial charge is 0.296 e. The minimum absolute atomic E-state index is 0.993. The fourth-order valence-electron chi connectivity index (χ4n) is 0.870. The first-order valence-corrected chi connectivity index (χ1v) is 3.26. The molecule has 0 saturated heterocycles. The molecule has 1 rings (SSSR count). The molecule has 0 N–H and O–H groups in total. The number of nitrogens with zero attached hydrogens (tertiary/aromatic N) is 2. The third-order valence-corrected chi connectivity index (χ3v) is 1.46. The van der Waals surface area contributed by atoms with Gasteiger partial charge < -0.3 is 0 Å². The summed E-state index contributed by atoms with van der Waals surface area (Å²) in [5, 5.41) is 6.00. The zero-order valence-corrected chi connectivity index (χ0v) is 5.96. The minimum atomic E-state index is 0.993. The van der Waals surface area contributed by atoms with Gasteiger partial charge in [0.15, 0.2) is 0 Å². The summed E-state index contributed by atoms with van der Waals surface area (Å²) in [4.78, 5) is 0. The second-order valence-electron chi connectivity index (χ2n) is 2.26. The predicted octanol–water partition coefficient (Wildman–Crippen LogP) is 1.25. The lowest BCUT2D eigenvalue weighted by Gasteiger charge is -2.16. The van der Waals surface area contributed by atoms with Gasteiger partial charge in [-0.2, -0.15) is 5.10 Å². The number of allylic oxidation sites excluding steroid dienone is 1. The number of rotatable bonds is 1. The summed E-state index contributed by atoms with van der Waals surface area (Å²) in [7, 11) is 1.99. The quantitative estimate of drug-likeness (QED) is 0.513. The second-order valence-corrected chi connectivity index (χ2v) is 2.26. The maximum atomic E-state index is 4.06. The number of hydrogen-bond donors (Lipinski definition) is 0. The molecule has 0 atom stereocenters. The van der Waals surface area contributed by atoms with E-state index in [1.807, 2.05) is 18.3 Å². The molecule has 1 heterocycles. The molecule has 0 aliphatic carbocycles. The van der Waals surface area contributed by atoms with Crippen LogP contribution in [-0.2, 0) is 0 Å². The molecule has 2 nitrogen and oxygen atoms in total. The van der Waals surface area contributed by atoms with Gasteiger partial charge in [0.05, 0.1) is 6.54 Å². The molecule has 0 radical (unpaired) electrons. The summed E-state index contributed by atoms with van der Waals surface area (Å²) in [6, 6.07) is 0. The SMILES string of the molecule is CCC1=CC=NN(C)C1. The highest BCUT2D eigenvalue weighted by atomic mass is 15.4. The van der Waals surface area contributed by atoms with E-state index < -0.39 is 0 Å². The fraction of sp³-hybridized carbons (Fsp3) is 0.571. The predicted molar refractivity (Wildman–Crippen MR) is 39.5 cm³/mol. The van der Waals surface area contributed by atoms with Crippen LogP contribution in [0.5, 0.6) is 0 Å². The molecule has 0 saturated carbocycles. The number of hydrogen-bond acceptors (Lipinski definition) is 2. The summed E-state index contributed by atoms with van der Waals surface area (Å²) in [5.41, 5.74) is 1.45. The molecule has 0 aromatic heterocycles. The van der Waals surface area contributed by atoms with Gasteiger partial charge in [0, 0.05) is 13.3 Å². The molecule has 9 heavy (non-hydrogen) atoms. The van der Waals surface area contributed by atoms with Crippen molar-refractivity contribution >= 4 is 6.21 Å². The van der Waals surface area contributed by atoms with Crippen molar-refractivity contribution in [3.63, 3.8) is 0 Å². The molecule has 0 amide bonds. The summed E-state index contributed by atoms with van der Waals surface area (Å²) >= 11 is 0. The van der Waals surface area contributed by atoms with Gasteiger partial charge in [-0.1, -0.05) is 6.92 Å². The number of likely N-dealkylation sites (N-methyl/N-ethyl adjacent to an activating group) is 1. The van der Waals surface area contributed by atoms with Crippen molar-refractivity contribution in [1.82, 2.24) is 5.01 Å². The van der Waals surface area contributed by atoms with Crippen molar-refractivity contribution in [2.75, 3.05) is 13.6 Å². The third kappa shape index (κ3) is 1.56. The Morgan fingerprint density at radius 2 is 2.56 bits per heavy atom. The van der Waals surface area contributed by atoms with Gasteiger partial charge in [0.25, 0.3) is 0 Å². The van der Waals surface area contributed by atoms with Gasteiger partial charge in [-0.15, -0.1) is 0 Å². The minimum Gasteiger partial charge on any atom is -0.296 e. The van der Waals surface area contributed by atoms with E-state index >= 15 is 0 Å². The average molecular weight is 124 g/mol. The summed E-state index contributed by atoms with van der Waals surface area (Å²) < 4.78 is 0. The lowest BCUT2D eigenvalue weighted by Crippen LogP contribution is -2.17. The van der Waals surface area contributed by atoms with Crippen molar-refractivity contribution in [3.8, 4) is 0 Å². The molecule has 0 unspecified atom stereocenters. The molecule has 1 aliphatic rings. The molecule has 0 fully saturated rings. The highest BCUT2D eigenvalue weighted by Crippen LogP contribution is 2.04. The highest BCUT2D eigenvalue weighted by Gasteiger charge is 1.99. The second kappa shape index (κ2) is 2.67. The Labute approximate surface area is 55.9 Å². The monoisotopic (exact) mass is 124 g/mol. The first-order chi connectivity index (χ1) is 4.33. The standard InChI is InChI=1S/C7H12N2/c1-3-7-4-5-8-9(2)6-7/h4-5H,3,6H2,1-2H3. The molecular formula is C7H12N2. The smallest absolute Gasteiger partial charge is 0.0570 e. The first-order valence-electron chi connectivity index (χ1n) is 3.26. The number of hydrazone groups is 1. The van der Waals surface area contributed by atoms with E-state index in [-0.39, 0.29) is 0 Å². The summed E-state index contributed by atoms with van der Waals surface area (Å²) in [6.07, 6.45) is 5.07. The Hall–Kier alpha value is -0.790. The zero-order valence-electron chi connectivity index (χ0n) is 5.96. The molecule has 0 aromatic rings. The maximum Gasteiger partial charge on any atom is 0.0570 e. The van der Waals surface area contributed by atoms with Gasteiger partial charge >= 0.3 is 0 Å². The van der Waals surface area contributed by atoms with E-state index in [4.69, 9.17) is 0 Å². The molecule has 0 spiro atoms. The Balaban J connectivity index is 2.55. The summed E-state index contributed by atoms with van der Waals surface area (Å²) in [5.74, 6) is 0. The van der Waals surface area contributed by atoms with E-state index in [1.54, 1.807) is 0 Å². The van der Waals surface area contributed by atoms with Crippen molar-refractivity contribution in [2.24, 2.45) is 5.10 Å². The van der Waals surface area contributed by atoms with Crippen LogP contribution < -0.4 is 0 Å². The van der Waals surface area contributed by atoms with E-state index in [9.17, 15) is 0 Å². The molecular weight excluding hydrogens is 112 g/mol. The van der Waals surface area contributed by atoms with Gasteiger partial charge in [-0.3, -0.25) is 5.01 Å². The van der Waals surface area contributed by atoms with Gasteiger partial charge in [-0.25, -0.2) is 0 Å². The Morgan fingerprint density at radius 3 is 3.00 bits per heavy atom. The topological polar surface area (TPSA) is 15.6 Å². The average Bonchev–Trinajstić information content (AvgIpc) is 1.88.